The van der Waals surface area contributed by atoms with Crippen molar-refractivity contribution in [2.45, 2.75) is 20.1 Å². The van der Waals surface area contributed by atoms with Crippen molar-refractivity contribution in [3.8, 4) is 5.75 Å². The Labute approximate surface area is 191 Å². The van der Waals surface area contributed by atoms with Crippen molar-refractivity contribution in [2.24, 2.45) is 0 Å². The molecule has 7 heteroatoms. The van der Waals surface area contributed by atoms with E-state index in [-0.39, 0.29) is 18.1 Å². The van der Waals surface area contributed by atoms with Gasteiger partial charge in [0.25, 0.3) is 11.8 Å². The van der Waals surface area contributed by atoms with Gasteiger partial charge in [-0.05, 0) is 42.3 Å². The molecule has 0 aliphatic heterocycles. The van der Waals surface area contributed by atoms with Gasteiger partial charge in [0.15, 0.2) is 0 Å². The molecule has 0 aliphatic rings. The molecule has 4 aromatic rings. The molecule has 3 aromatic carbocycles. The lowest BCUT2D eigenvalue weighted by atomic mass is 10.1. The minimum atomic E-state index is -0.591. The Bertz CT molecular complexity index is 1290. The Morgan fingerprint density at radius 1 is 0.879 bits per heavy atom. The summed E-state index contributed by atoms with van der Waals surface area (Å²) < 4.78 is 6.00. The number of fused-ring (bicyclic) bond motifs is 1. The maximum atomic E-state index is 12.7. The van der Waals surface area contributed by atoms with E-state index in [0.29, 0.717) is 23.4 Å². The summed E-state index contributed by atoms with van der Waals surface area (Å²) in [5.41, 5.74) is 5.85. The molecule has 0 atom stereocenters. The zero-order chi connectivity index (χ0) is 23.2. The van der Waals surface area contributed by atoms with Gasteiger partial charge in [0.05, 0.1) is 0 Å². The number of aryl methyl sites for hydroxylation is 1. The molecule has 3 N–H and O–H groups in total. The predicted octanol–water partition coefficient (Wildman–Crippen LogP) is 4.17. The van der Waals surface area contributed by atoms with Crippen molar-refractivity contribution >= 4 is 22.7 Å². The molecule has 0 radical (unpaired) electrons. The third kappa shape index (κ3) is 5.34. The second kappa shape index (κ2) is 9.93. The molecule has 33 heavy (non-hydrogen) atoms. The highest BCUT2D eigenvalue weighted by atomic mass is 16.5. The van der Waals surface area contributed by atoms with Crippen molar-refractivity contribution in [3.05, 3.63) is 107 Å². The molecule has 1 aromatic heterocycles. The zero-order valence-electron chi connectivity index (χ0n) is 18.0. The Balaban J connectivity index is 1.46. The molecule has 0 fully saturated rings. The van der Waals surface area contributed by atoms with Gasteiger partial charge in [0.1, 0.15) is 23.6 Å². The number of carbonyl (C=O) groups excluding carboxylic acids is 2. The number of pyridine rings is 1. The molecule has 0 unspecified atom stereocenters. The van der Waals surface area contributed by atoms with Crippen LogP contribution in [0.15, 0.2) is 78.9 Å². The molecule has 0 aliphatic carbocycles. The standard InChI is InChI=1S/C26H23N3O4/c1-17-5-7-19(8-6-17)16-33-23-4-2-3-20-13-14-22(28-24(20)23)26(31)27-15-18-9-11-21(12-10-18)25(30)29-32/h2-14,32H,15-16H2,1H3,(H,27,31)(H,29,30). The first kappa shape index (κ1) is 22.0. The van der Waals surface area contributed by atoms with Crippen molar-refractivity contribution in [3.63, 3.8) is 0 Å². The van der Waals surface area contributed by atoms with Crippen LogP contribution in [0, 0.1) is 6.92 Å². The van der Waals surface area contributed by atoms with E-state index < -0.39 is 5.91 Å². The fraction of sp³-hybridized carbons (Fsp3) is 0.115. The topological polar surface area (TPSA) is 101 Å². The number of carbonyl (C=O) groups is 2. The number of aromatic nitrogens is 1. The Kier molecular flexibility index (Phi) is 6.61. The van der Waals surface area contributed by atoms with Gasteiger partial charge in [-0.25, -0.2) is 10.5 Å². The number of nitrogens with one attached hydrogen (secondary N) is 2. The molecule has 0 saturated heterocycles. The number of amides is 2. The summed E-state index contributed by atoms with van der Waals surface area (Å²) in [4.78, 5) is 28.6. The largest absolute Gasteiger partial charge is 0.487 e. The molecular formula is C26H23N3O4. The predicted molar refractivity (Wildman–Crippen MR) is 124 cm³/mol. The minimum absolute atomic E-state index is 0.269. The summed E-state index contributed by atoms with van der Waals surface area (Å²) in [5, 5.41) is 12.4. The molecule has 0 spiro atoms. The van der Waals surface area contributed by atoms with E-state index in [9.17, 15) is 9.59 Å². The molecule has 7 nitrogen and oxygen atoms in total. The van der Waals surface area contributed by atoms with Crippen molar-refractivity contribution < 1.29 is 19.5 Å². The van der Waals surface area contributed by atoms with E-state index in [1.807, 2.05) is 55.5 Å². The second-order valence-electron chi connectivity index (χ2n) is 7.62. The fourth-order valence-electron chi connectivity index (χ4n) is 3.32. The van der Waals surface area contributed by atoms with Gasteiger partial charge in [0, 0.05) is 17.5 Å². The lowest BCUT2D eigenvalue weighted by Gasteiger charge is -2.11. The van der Waals surface area contributed by atoms with Crippen molar-refractivity contribution in [1.29, 1.82) is 0 Å². The molecule has 0 saturated carbocycles. The minimum Gasteiger partial charge on any atom is -0.487 e. The maximum absolute atomic E-state index is 12.7. The summed E-state index contributed by atoms with van der Waals surface area (Å²) in [6, 6.07) is 23.9. The van der Waals surface area contributed by atoms with Crippen LogP contribution in [0.1, 0.15) is 37.5 Å². The number of rotatable bonds is 7. The summed E-state index contributed by atoms with van der Waals surface area (Å²) in [5.74, 6) is -0.297. The number of hydroxylamine groups is 1. The smallest absolute Gasteiger partial charge is 0.274 e. The van der Waals surface area contributed by atoms with E-state index in [4.69, 9.17) is 9.94 Å². The van der Waals surface area contributed by atoms with Gasteiger partial charge in [-0.15, -0.1) is 0 Å². The Hall–Kier alpha value is -4.23. The number of benzene rings is 3. The molecular weight excluding hydrogens is 418 g/mol. The lowest BCUT2D eigenvalue weighted by Crippen LogP contribution is -2.24. The van der Waals surface area contributed by atoms with Crippen molar-refractivity contribution in [1.82, 2.24) is 15.8 Å². The van der Waals surface area contributed by atoms with E-state index in [0.717, 1.165) is 16.5 Å². The van der Waals surface area contributed by atoms with E-state index in [1.165, 1.54) is 5.56 Å². The average Bonchev–Trinajstić information content (AvgIpc) is 2.86. The molecule has 4 rings (SSSR count). The van der Waals surface area contributed by atoms with Gasteiger partial charge in [-0.1, -0.05) is 60.2 Å². The van der Waals surface area contributed by atoms with Crippen LogP contribution < -0.4 is 15.5 Å². The van der Waals surface area contributed by atoms with Crippen LogP contribution >= 0.6 is 0 Å². The van der Waals surface area contributed by atoms with Crippen LogP contribution in [0.5, 0.6) is 5.75 Å². The Morgan fingerprint density at radius 3 is 2.33 bits per heavy atom. The summed E-state index contributed by atoms with van der Waals surface area (Å²) in [6.45, 7) is 2.71. The molecule has 1 heterocycles. The third-order valence-corrected chi connectivity index (χ3v) is 5.20. The lowest BCUT2D eigenvalue weighted by molar-refractivity contribution is 0.0706. The normalized spacial score (nSPS) is 10.6. The second-order valence-corrected chi connectivity index (χ2v) is 7.62. The van der Waals surface area contributed by atoms with Gasteiger partial charge < -0.3 is 10.1 Å². The van der Waals surface area contributed by atoms with E-state index in [1.54, 1.807) is 35.8 Å². The number of hydrogen-bond acceptors (Lipinski definition) is 5. The van der Waals surface area contributed by atoms with Crippen molar-refractivity contribution in [2.75, 3.05) is 0 Å². The summed E-state index contributed by atoms with van der Waals surface area (Å²) in [7, 11) is 0. The Morgan fingerprint density at radius 2 is 1.61 bits per heavy atom. The monoisotopic (exact) mass is 441 g/mol. The van der Waals surface area contributed by atoms with Crippen LogP contribution in [0.2, 0.25) is 0 Å². The summed E-state index contributed by atoms with van der Waals surface area (Å²) >= 11 is 0. The first-order valence-electron chi connectivity index (χ1n) is 10.4. The van der Waals surface area contributed by atoms with E-state index in [2.05, 4.69) is 10.3 Å². The fourth-order valence-corrected chi connectivity index (χ4v) is 3.32. The van der Waals surface area contributed by atoms with Crippen LogP contribution in [0.3, 0.4) is 0 Å². The van der Waals surface area contributed by atoms with Gasteiger partial charge >= 0.3 is 0 Å². The number of para-hydroxylation sites is 1. The highest BCUT2D eigenvalue weighted by Crippen LogP contribution is 2.25. The molecule has 2 amide bonds. The SMILES string of the molecule is Cc1ccc(COc2cccc3ccc(C(=O)NCc4ccc(C(=O)NO)cc4)nc23)cc1. The molecule has 0 bridgehead atoms. The number of nitrogens with zero attached hydrogens (tertiary/aromatic N) is 1. The third-order valence-electron chi connectivity index (χ3n) is 5.20. The van der Waals surface area contributed by atoms with Gasteiger partial charge in [-0.3, -0.25) is 14.8 Å². The summed E-state index contributed by atoms with van der Waals surface area (Å²) in [6.07, 6.45) is 0. The van der Waals surface area contributed by atoms with Crippen LogP contribution in [-0.4, -0.2) is 22.0 Å². The number of hydrogen-bond donors (Lipinski definition) is 3. The first-order chi connectivity index (χ1) is 16.0. The average molecular weight is 441 g/mol. The maximum Gasteiger partial charge on any atom is 0.274 e. The molecule has 166 valence electrons. The van der Waals surface area contributed by atoms with Crippen LogP contribution in [-0.2, 0) is 13.2 Å². The van der Waals surface area contributed by atoms with Crippen LogP contribution in [0.4, 0.5) is 0 Å². The highest BCUT2D eigenvalue weighted by Gasteiger charge is 2.11. The quantitative estimate of drug-likeness (QED) is 0.295. The van der Waals surface area contributed by atoms with Gasteiger partial charge in [-0.2, -0.15) is 0 Å². The highest BCUT2D eigenvalue weighted by molar-refractivity contribution is 5.96. The van der Waals surface area contributed by atoms with E-state index >= 15 is 0 Å². The van der Waals surface area contributed by atoms with Crippen LogP contribution in [0.25, 0.3) is 10.9 Å². The van der Waals surface area contributed by atoms with Gasteiger partial charge in [0.2, 0.25) is 0 Å². The first-order valence-corrected chi connectivity index (χ1v) is 10.4. The zero-order valence-corrected chi connectivity index (χ0v) is 18.0. The number of ether oxygens (including phenoxy) is 1.